The lowest BCUT2D eigenvalue weighted by atomic mass is 10.1. The molecule has 2 N–H and O–H groups in total. The van der Waals surface area contributed by atoms with Gasteiger partial charge in [-0.2, -0.15) is 0 Å². The van der Waals surface area contributed by atoms with Gasteiger partial charge in [-0.05, 0) is 32.4 Å². The Morgan fingerprint density at radius 3 is 3.06 bits per heavy atom. The van der Waals surface area contributed by atoms with Gasteiger partial charge in [-0.3, -0.25) is 4.79 Å². The highest BCUT2D eigenvalue weighted by molar-refractivity contribution is 6.00. The molecule has 92 valence electrons. The summed E-state index contributed by atoms with van der Waals surface area (Å²) in [6.07, 6.45) is 2.30. The van der Waals surface area contributed by atoms with Crippen molar-refractivity contribution in [2.45, 2.75) is 25.9 Å². The summed E-state index contributed by atoms with van der Waals surface area (Å²) in [5, 5.41) is 12.5. The molecule has 5 nitrogen and oxygen atoms in total. The highest BCUT2D eigenvalue weighted by Gasteiger charge is 2.24. The van der Waals surface area contributed by atoms with Gasteiger partial charge in [0.1, 0.15) is 0 Å². The minimum atomic E-state index is -0.733. The van der Waals surface area contributed by atoms with Gasteiger partial charge in [0.15, 0.2) is 5.82 Å². The monoisotopic (exact) mass is 235 g/mol. The Kier molecular flexibility index (Phi) is 3.02. The summed E-state index contributed by atoms with van der Waals surface area (Å²) >= 11 is 0. The van der Waals surface area contributed by atoms with Crippen LogP contribution < -0.4 is 10.2 Å². The normalized spacial score (nSPS) is 15.5. The lowest BCUT2D eigenvalue weighted by Crippen LogP contribution is -2.41. The standard InChI is InChI=1S/C12H17N3O2/c1-12(2,17)5-7-15-8-10(16)14-9-4-3-6-13-11(9)15/h3-4,6,17H,5,7-8H2,1-2H3,(H,14,16). The van der Waals surface area contributed by atoms with Crippen molar-refractivity contribution in [3.63, 3.8) is 0 Å². The number of pyridine rings is 1. The van der Waals surface area contributed by atoms with Crippen LogP contribution in [0.3, 0.4) is 0 Å². The first kappa shape index (κ1) is 11.9. The maximum Gasteiger partial charge on any atom is 0.244 e. The van der Waals surface area contributed by atoms with Crippen LogP contribution in [0.15, 0.2) is 18.3 Å². The highest BCUT2D eigenvalue weighted by atomic mass is 16.3. The molecule has 0 radical (unpaired) electrons. The number of amides is 1. The molecule has 0 saturated heterocycles. The molecule has 1 aromatic heterocycles. The Hall–Kier alpha value is -1.62. The van der Waals surface area contributed by atoms with E-state index in [-0.39, 0.29) is 5.91 Å². The van der Waals surface area contributed by atoms with E-state index in [0.29, 0.717) is 19.5 Å². The first-order chi connectivity index (χ1) is 7.96. The molecule has 1 aliphatic rings. The molecule has 0 spiro atoms. The van der Waals surface area contributed by atoms with Gasteiger partial charge in [0.25, 0.3) is 0 Å². The third-order valence-corrected chi connectivity index (χ3v) is 2.69. The van der Waals surface area contributed by atoms with Gasteiger partial charge >= 0.3 is 0 Å². The smallest absolute Gasteiger partial charge is 0.244 e. The van der Waals surface area contributed by atoms with Crippen LogP contribution in [0, 0.1) is 0 Å². The number of aromatic nitrogens is 1. The molecule has 2 rings (SSSR count). The van der Waals surface area contributed by atoms with Crippen LogP contribution in [0.5, 0.6) is 0 Å². The van der Waals surface area contributed by atoms with E-state index in [1.54, 1.807) is 26.1 Å². The van der Waals surface area contributed by atoms with Crippen molar-refractivity contribution >= 4 is 17.4 Å². The van der Waals surface area contributed by atoms with E-state index >= 15 is 0 Å². The van der Waals surface area contributed by atoms with E-state index in [2.05, 4.69) is 10.3 Å². The molecule has 0 atom stereocenters. The zero-order valence-electron chi connectivity index (χ0n) is 10.1. The Bertz CT molecular complexity index is 426. The fourth-order valence-electron chi connectivity index (χ4n) is 1.78. The van der Waals surface area contributed by atoms with Crippen LogP contribution in [0.4, 0.5) is 11.5 Å². The molecule has 1 amide bonds. The summed E-state index contributed by atoms with van der Waals surface area (Å²) in [5.74, 6) is 0.734. The predicted octanol–water partition coefficient (Wildman–Crippen LogP) is 1.00. The first-order valence-electron chi connectivity index (χ1n) is 5.68. The average Bonchev–Trinajstić information content (AvgIpc) is 2.24. The molecular formula is C12H17N3O2. The summed E-state index contributed by atoms with van der Waals surface area (Å²) in [7, 11) is 0. The number of fused-ring (bicyclic) bond motifs is 1. The Morgan fingerprint density at radius 2 is 2.35 bits per heavy atom. The largest absolute Gasteiger partial charge is 0.390 e. The van der Waals surface area contributed by atoms with Gasteiger partial charge in [0.05, 0.1) is 17.8 Å². The van der Waals surface area contributed by atoms with Gasteiger partial charge in [-0.15, -0.1) is 0 Å². The lowest BCUT2D eigenvalue weighted by Gasteiger charge is -2.31. The van der Waals surface area contributed by atoms with Crippen molar-refractivity contribution in [2.75, 3.05) is 23.3 Å². The fraction of sp³-hybridized carbons (Fsp3) is 0.500. The third-order valence-electron chi connectivity index (χ3n) is 2.69. The summed E-state index contributed by atoms with van der Waals surface area (Å²) in [4.78, 5) is 17.7. The molecule has 17 heavy (non-hydrogen) atoms. The van der Waals surface area contributed by atoms with Gasteiger partial charge in [-0.1, -0.05) is 0 Å². The zero-order valence-corrected chi connectivity index (χ0v) is 10.1. The lowest BCUT2D eigenvalue weighted by molar-refractivity contribution is -0.115. The van der Waals surface area contributed by atoms with Crippen molar-refractivity contribution in [3.8, 4) is 0 Å². The van der Waals surface area contributed by atoms with Crippen LogP contribution in [0.25, 0.3) is 0 Å². The molecule has 0 bridgehead atoms. The number of nitrogens with one attached hydrogen (secondary N) is 1. The molecule has 1 aliphatic heterocycles. The summed E-state index contributed by atoms with van der Waals surface area (Å²) in [6, 6.07) is 3.62. The van der Waals surface area contributed by atoms with E-state index in [1.807, 2.05) is 11.0 Å². The van der Waals surface area contributed by atoms with Gasteiger partial charge in [0.2, 0.25) is 5.91 Å². The van der Waals surface area contributed by atoms with E-state index < -0.39 is 5.60 Å². The van der Waals surface area contributed by atoms with Crippen LogP contribution in [-0.2, 0) is 4.79 Å². The third kappa shape index (κ3) is 2.94. The minimum Gasteiger partial charge on any atom is -0.390 e. The minimum absolute atomic E-state index is 0.0405. The van der Waals surface area contributed by atoms with Gasteiger partial charge < -0.3 is 15.3 Å². The van der Waals surface area contributed by atoms with E-state index in [9.17, 15) is 9.90 Å². The number of nitrogens with zero attached hydrogens (tertiary/aromatic N) is 2. The first-order valence-corrected chi connectivity index (χ1v) is 5.68. The fourth-order valence-corrected chi connectivity index (χ4v) is 1.78. The van der Waals surface area contributed by atoms with Crippen LogP contribution in [0.2, 0.25) is 0 Å². The second-order valence-electron chi connectivity index (χ2n) is 4.91. The van der Waals surface area contributed by atoms with E-state index in [4.69, 9.17) is 0 Å². The van der Waals surface area contributed by atoms with Gasteiger partial charge in [-0.25, -0.2) is 4.98 Å². The van der Waals surface area contributed by atoms with Crippen molar-refractivity contribution < 1.29 is 9.90 Å². The number of anilines is 2. The molecule has 0 aliphatic carbocycles. The second-order valence-corrected chi connectivity index (χ2v) is 4.91. The number of carbonyl (C=O) groups is 1. The Morgan fingerprint density at radius 1 is 1.59 bits per heavy atom. The molecule has 0 aromatic carbocycles. The maximum atomic E-state index is 11.5. The molecule has 0 unspecified atom stereocenters. The molecule has 1 aromatic rings. The number of hydrogen-bond donors (Lipinski definition) is 2. The van der Waals surface area contributed by atoms with Crippen molar-refractivity contribution in [2.24, 2.45) is 0 Å². The zero-order chi connectivity index (χ0) is 12.5. The summed E-state index contributed by atoms with van der Waals surface area (Å²) < 4.78 is 0. The summed E-state index contributed by atoms with van der Waals surface area (Å²) in [6.45, 7) is 4.42. The molecule has 2 heterocycles. The van der Waals surface area contributed by atoms with Crippen LogP contribution >= 0.6 is 0 Å². The summed E-state index contributed by atoms with van der Waals surface area (Å²) in [5.41, 5.74) is 0.00238. The van der Waals surface area contributed by atoms with E-state index in [0.717, 1.165) is 11.5 Å². The van der Waals surface area contributed by atoms with Crippen LogP contribution in [0.1, 0.15) is 20.3 Å². The topological polar surface area (TPSA) is 65.5 Å². The Labute approximate surface area is 100 Å². The number of hydrogen-bond acceptors (Lipinski definition) is 4. The Balaban J connectivity index is 2.15. The van der Waals surface area contributed by atoms with Crippen molar-refractivity contribution in [3.05, 3.63) is 18.3 Å². The molecular weight excluding hydrogens is 218 g/mol. The van der Waals surface area contributed by atoms with Crippen LogP contribution in [-0.4, -0.2) is 34.7 Å². The number of rotatable bonds is 3. The van der Waals surface area contributed by atoms with Crippen molar-refractivity contribution in [1.29, 1.82) is 0 Å². The number of aliphatic hydroxyl groups is 1. The SMILES string of the molecule is CC(C)(O)CCN1CC(=O)Nc2cccnc21. The number of carbonyl (C=O) groups excluding carboxylic acids is 1. The quantitative estimate of drug-likeness (QED) is 0.820. The average molecular weight is 235 g/mol. The molecule has 0 saturated carbocycles. The molecule has 5 heteroatoms. The maximum absolute atomic E-state index is 11.5. The highest BCUT2D eigenvalue weighted by Crippen LogP contribution is 2.26. The van der Waals surface area contributed by atoms with Crippen molar-refractivity contribution in [1.82, 2.24) is 4.98 Å². The van der Waals surface area contributed by atoms with E-state index in [1.165, 1.54) is 0 Å². The predicted molar refractivity (Wildman–Crippen MR) is 66.0 cm³/mol. The van der Waals surface area contributed by atoms with Gasteiger partial charge in [0, 0.05) is 12.7 Å². The second kappa shape index (κ2) is 4.33. The molecule has 0 fully saturated rings.